The van der Waals surface area contributed by atoms with Crippen LogP contribution in [-0.4, -0.2) is 23.7 Å². The molecule has 1 aromatic carbocycles. The molecule has 1 unspecified atom stereocenters. The lowest BCUT2D eigenvalue weighted by molar-refractivity contribution is -0.120. The van der Waals surface area contributed by atoms with Crippen molar-refractivity contribution >= 4 is 5.91 Å². The maximum absolute atomic E-state index is 11.6. The predicted molar refractivity (Wildman–Crippen MR) is 67.3 cm³/mol. The van der Waals surface area contributed by atoms with Gasteiger partial charge in [-0.25, -0.2) is 0 Å². The summed E-state index contributed by atoms with van der Waals surface area (Å²) in [6.07, 6.45) is 0.479. The summed E-state index contributed by atoms with van der Waals surface area (Å²) in [6, 6.07) is 7.62. The molecule has 0 heterocycles. The van der Waals surface area contributed by atoms with Crippen LogP contribution in [0.1, 0.15) is 24.5 Å². The smallest absolute Gasteiger partial charge is 0.224 e. The molecule has 0 spiro atoms. The lowest BCUT2D eigenvalue weighted by Gasteiger charge is -2.11. The van der Waals surface area contributed by atoms with Gasteiger partial charge in [0.25, 0.3) is 0 Å². The summed E-state index contributed by atoms with van der Waals surface area (Å²) >= 11 is 0. The van der Waals surface area contributed by atoms with Crippen molar-refractivity contribution in [3.63, 3.8) is 0 Å². The topological polar surface area (TPSA) is 75.3 Å². The molecule has 1 amide bonds. The summed E-state index contributed by atoms with van der Waals surface area (Å²) in [5.41, 5.74) is 7.53. The minimum Gasteiger partial charge on any atom is -0.391 e. The van der Waals surface area contributed by atoms with E-state index in [9.17, 15) is 9.90 Å². The molecule has 17 heavy (non-hydrogen) atoms. The third-order valence-electron chi connectivity index (χ3n) is 2.70. The molecule has 94 valence electrons. The third-order valence-corrected chi connectivity index (χ3v) is 2.70. The lowest BCUT2D eigenvalue weighted by Crippen LogP contribution is -2.33. The molecule has 4 nitrogen and oxygen atoms in total. The van der Waals surface area contributed by atoms with E-state index in [-0.39, 0.29) is 5.91 Å². The van der Waals surface area contributed by atoms with Gasteiger partial charge in [-0.3, -0.25) is 4.79 Å². The van der Waals surface area contributed by atoms with Gasteiger partial charge in [-0.2, -0.15) is 0 Å². The number of hydrogen-bond donors (Lipinski definition) is 3. The van der Waals surface area contributed by atoms with Crippen LogP contribution in [0.3, 0.4) is 0 Å². The summed E-state index contributed by atoms with van der Waals surface area (Å²) in [7, 11) is 0. The summed E-state index contributed by atoms with van der Waals surface area (Å²) in [5.74, 6) is -0.0848. The SMILES string of the molecule is CCC(O)CNC(=O)Cc1ccccc1CN. The first-order chi connectivity index (χ1) is 8.17. The van der Waals surface area contributed by atoms with Crippen LogP contribution in [0.15, 0.2) is 24.3 Å². The van der Waals surface area contributed by atoms with Crippen LogP contribution in [-0.2, 0) is 17.8 Å². The maximum atomic E-state index is 11.6. The minimum atomic E-state index is -0.469. The van der Waals surface area contributed by atoms with E-state index in [1.807, 2.05) is 31.2 Å². The average Bonchev–Trinajstić information content (AvgIpc) is 2.36. The number of benzene rings is 1. The molecule has 0 radical (unpaired) electrons. The molecule has 0 saturated heterocycles. The Labute approximate surface area is 102 Å². The Morgan fingerprint density at radius 1 is 1.41 bits per heavy atom. The zero-order valence-corrected chi connectivity index (χ0v) is 10.1. The molecule has 4 N–H and O–H groups in total. The van der Waals surface area contributed by atoms with Gasteiger partial charge >= 0.3 is 0 Å². The minimum absolute atomic E-state index is 0.0848. The first-order valence-electron chi connectivity index (χ1n) is 5.89. The van der Waals surface area contributed by atoms with Gasteiger partial charge in [-0.1, -0.05) is 31.2 Å². The number of aliphatic hydroxyl groups excluding tert-OH is 1. The second-order valence-electron chi connectivity index (χ2n) is 4.02. The molecular formula is C13H20N2O2. The van der Waals surface area contributed by atoms with Crippen molar-refractivity contribution in [2.24, 2.45) is 5.73 Å². The van der Waals surface area contributed by atoms with Gasteiger partial charge in [-0.15, -0.1) is 0 Å². The van der Waals surface area contributed by atoms with Crippen LogP contribution in [0.4, 0.5) is 0 Å². The van der Waals surface area contributed by atoms with Gasteiger partial charge in [0.2, 0.25) is 5.91 Å². The molecular weight excluding hydrogens is 216 g/mol. The van der Waals surface area contributed by atoms with Crippen LogP contribution >= 0.6 is 0 Å². The number of nitrogens with two attached hydrogens (primary N) is 1. The molecule has 0 aromatic heterocycles. The summed E-state index contributed by atoms with van der Waals surface area (Å²) in [4.78, 5) is 11.6. The van der Waals surface area contributed by atoms with Crippen molar-refractivity contribution in [2.45, 2.75) is 32.4 Å². The number of amides is 1. The molecule has 0 aliphatic heterocycles. The molecule has 0 bridgehead atoms. The average molecular weight is 236 g/mol. The normalized spacial score (nSPS) is 12.2. The highest BCUT2D eigenvalue weighted by Gasteiger charge is 2.08. The van der Waals surface area contributed by atoms with Gasteiger partial charge in [0.15, 0.2) is 0 Å². The first kappa shape index (κ1) is 13.7. The van der Waals surface area contributed by atoms with Crippen molar-refractivity contribution in [3.05, 3.63) is 35.4 Å². The highest BCUT2D eigenvalue weighted by atomic mass is 16.3. The van der Waals surface area contributed by atoms with Crippen molar-refractivity contribution in [1.82, 2.24) is 5.32 Å². The van der Waals surface area contributed by atoms with E-state index in [2.05, 4.69) is 5.32 Å². The molecule has 0 aliphatic carbocycles. The van der Waals surface area contributed by atoms with E-state index in [4.69, 9.17) is 5.73 Å². The molecule has 1 aromatic rings. The van der Waals surface area contributed by atoms with Crippen molar-refractivity contribution in [1.29, 1.82) is 0 Å². The van der Waals surface area contributed by atoms with Crippen molar-refractivity contribution in [3.8, 4) is 0 Å². The van der Waals surface area contributed by atoms with E-state index in [0.29, 0.717) is 25.9 Å². The zero-order valence-electron chi connectivity index (χ0n) is 10.1. The van der Waals surface area contributed by atoms with Crippen molar-refractivity contribution in [2.75, 3.05) is 6.54 Å². The van der Waals surface area contributed by atoms with Crippen LogP contribution in [0, 0.1) is 0 Å². The summed E-state index contributed by atoms with van der Waals surface area (Å²) in [5, 5.41) is 12.0. The number of carbonyl (C=O) groups excluding carboxylic acids is 1. The molecule has 4 heteroatoms. The Balaban J connectivity index is 2.50. The van der Waals surface area contributed by atoms with E-state index in [1.54, 1.807) is 0 Å². The summed E-state index contributed by atoms with van der Waals surface area (Å²) in [6.45, 7) is 2.61. The first-order valence-corrected chi connectivity index (χ1v) is 5.89. The van der Waals surface area contributed by atoms with Gasteiger partial charge in [0, 0.05) is 13.1 Å². The van der Waals surface area contributed by atoms with Crippen LogP contribution < -0.4 is 11.1 Å². The van der Waals surface area contributed by atoms with Gasteiger partial charge in [0.05, 0.1) is 12.5 Å². The fraction of sp³-hybridized carbons (Fsp3) is 0.462. The summed E-state index contributed by atoms with van der Waals surface area (Å²) < 4.78 is 0. The third kappa shape index (κ3) is 4.54. The van der Waals surface area contributed by atoms with E-state index >= 15 is 0 Å². The quantitative estimate of drug-likeness (QED) is 0.676. The maximum Gasteiger partial charge on any atom is 0.224 e. The second-order valence-corrected chi connectivity index (χ2v) is 4.02. The number of nitrogens with one attached hydrogen (secondary N) is 1. The van der Waals surface area contributed by atoms with Crippen LogP contribution in [0.2, 0.25) is 0 Å². The largest absolute Gasteiger partial charge is 0.391 e. The van der Waals surface area contributed by atoms with Gasteiger partial charge in [-0.05, 0) is 17.5 Å². The lowest BCUT2D eigenvalue weighted by atomic mass is 10.0. The number of carbonyl (C=O) groups is 1. The van der Waals surface area contributed by atoms with Gasteiger partial charge < -0.3 is 16.2 Å². The molecule has 0 fully saturated rings. The highest BCUT2D eigenvalue weighted by molar-refractivity contribution is 5.78. The van der Waals surface area contributed by atoms with Crippen LogP contribution in [0.5, 0.6) is 0 Å². The molecule has 1 atom stereocenters. The van der Waals surface area contributed by atoms with E-state index in [1.165, 1.54) is 0 Å². The van der Waals surface area contributed by atoms with E-state index in [0.717, 1.165) is 11.1 Å². The Bertz CT molecular complexity index is 366. The van der Waals surface area contributed by atoms with Crippen LogP contribution in [0.25, 0.3) is 0 Å². The Kier molecular flexibility index (Phi) is 5.66. The van der Waals surface area contributed by atoms with Gasteiger partial charge in [0.1, 0.15) is 0 Å². The predicted octanol–water partition coefficient (Wildman–Crippen LogP) is 0.575. The Morgan fingerprint density at radius 2 is 2.06 bits per heavy atom. The number of rotatable bonds is 6. The standard InChI is InChI=1S/C13H20N2O2/c1-2-12(16)9-15-13(17)7-10-5-3-4-6-11(10)8-14/h3-6,12,16H,2,7-9,14H2,1H3,(H,15,17). The second kappa shape index (κ2) is 7.04. The van der Waals surface area contributed by atoms with Crippen molar-refractivity contribution < 1.29 is 9.90 Å². The fourth-order valence-corrected chi connectivity index (χ4v) is 1.54. The molecule has 1 rings (SSSR count). The van der Waals surface area contributed by atoms with E-state index < -0.39 is 6.10 Å². The zero-order chi connectivity index (χ0) is 12.7. The Morgan fingerprint density at radius 3 is 2.65 bits per heavy atom. The number of aliphatic hydroxyl groups is 1. The molecule has 0 saturated carbocycles. The monoisotopic (exact) mass is 236 g/mol. The number of hydrogen-bond acceptors (Lipinski definition) is 3. The highest BCUT2D eigenvalue weighted by Crippen LogP contribution is 2.08. The molecule has 0 aliphatic rings. The Hall–Kier alpha value is -1.39. The fourth-order valence-electron chi connectivity index (χ4n) is 1.54.